The average Bonchev–Trinajstić information content (AvgIpc) is 2.45. The molecule has 0 radical (unpaired) electrons. The number of rotatable bonds is 5. The third-order valence-electron chi connectivity index (χ3n) is 3.92. The van der Waals surface area contributed by atoms with Gasteiger partial charge in [-0.2, -0.15) is 0 Å². The highest BCUT2D eigenvalue weighted by molar-refractivity contribution is 5.19. The fourth-order valence-corrected chi connectivity index (χ4v) is 2.65. The van der Waals surface area contributed by atoms with E-state index in [-0.39, 0.29) is 18.5 Å². The van der Waals surface area contributed by atoms with Gasteiger partial charge in [-0.15, -0.1) is 0 Å². The van der Waals surface area contributed by atoms with E-state index in [4.69, 9.17) is 5.11 Å². The topological polar surface area (TPSA) is 26.7 Å². The first kappa shape index (κ1) is 14.4. The first-order valence-electron chi connectivity index (χ1n) is 7.03. The molecule has 0 saturated carbocycles. The van der Waals surface area contributed by atoms with Gasteiger partial charge in [-0.25, -0.2) is 4.39 Å². The van der Waals surface area contributed by atoms with Crippen LogP contribution in [-0.4, -0.2) is 54.2 Å². The second kappa shape index (κ2) is 6.98. The van der Waals surface area contributed by atoms with Crippen LogP contribution in [0.15, 0.2) is 24.3 Å². The van der Waals surface area contributed by atoms with Crippen LogP contribution < -0.4 is 0 Å². The number of nitrogens with zero attached hydrogens (tertiary/aromatic N) is 2. The Kier molecular flexibility index (Phi) is 5.31. The molecule has 1 aliphatic heterocycles. The molecule has 1 N–H and O–H groups in total. The van der Waals surface area contributed by atoms with E-state index in [9.17, 15) is 4.39 Å². The van der Waals surface area contributed by atoms with Crippen molar-refractivity contribution in [1.29, 1.82) is 0 Å². The summed E-state index contributed by atoms with van der Waals surface area (Å²) in [6.07, 6.45) is 0.847. The highest BCUT2D eigenvalue weighted by atomic mass is 19.1. The first-order chi connectivity index (χ1) is 9.20. The van der Waals surface area contributed by atoms with E-state index in [0.29, 0.717) is 0 Å². The van der Waals surface area contributed by atoms with Crippen molar-refractivity contribution in [3.8, 4) is 0 Å². The van der Waals surface area contributed by atoms with Crippen LogP contribution in [0.2, 0.25) is 0 Å². The number of aliphatic hydroxyl groups excluding tert-OH is 1. The number of piperazine rings is 1. The number of hydrogen-bond donors (Lipinski definition) is 1. The van der Waals surface area contributed by atoms with Crippen molar-refractivity contribution in [3.63, 3.8) is 0 Å². The fourth-order valence-electron chi connectivity index (χ4n) is 2.65. The molecule has 0 aliphatic carbocycles. The molecule has 1 saturated heterocycles. The molecule has 1 aromatic rings. The summed E-state index contributed by atoms with van der Waals surface area (Å²) in [5.74, 6) is -0.161. The molecule has 4 heteroatoms. The van der Waals surface area contributed by atoms with Crippen molar-refractivity contribution in [1.82, 2.24) is 9.80 Å². The summed E-state index contributed by atoms with van der Waals surface area (Å²) in [5, 5.41) is 8.84. The van der Waals surface area contributed by atoms with E-state index in [1.807, 2.05) is 6.07 Å². The van der Waals surface area contributed by atoms with Crippen LogP contribution >= 0.6 is 0 Å². The molecule has 1 unspecified atom stereocenters. The Morgan fingerprint density at radius 2 is 2.00 bits per heavy atom. The van der Waals surface area contributed by atoms with Crippen molar-refractivity contribution in [2.24, 2.45) is 0 Å². The maximum atomic E-state index is 13.2. The largest absolute Gasteiger partial charge is 0.396 e. The highest BCUT2D eigenvalue weighted by Gasteiger charge is 2.21. The van der Waals surface area contributed by atoms with Crippen molar-refractivity contribution < 1.29 is 9.50 Å². The lowest BCUT2D eigenvalue weighted by Gasteiger charge is -2.38. The van der Waals surface area contributed by atoms with E-state index in [1.165, 1.54) is 6.07 Å². The highest BCUT2D eigenvalue weighted by Crippen LogP contribution is 2.22. The maximum absolute atomic E-state index is 13.2. The van der Waals surface area contributed by atoms with Gasteiger partial charge in [0.15, 0.2) is 0 Å². The van der Waals surface area contributed by atoms with Gasteiger partial charge in [0.2, 0.25) is 0 Å². The minimum atomic E-state index is -0.161. The zero-order valence-electron chi connectivity index (χ0n) is 11.6. The predicted octanol–water partition coefficient (Wildman–Crippen LogP) is 1.89. The molecule has 0 spiro atoms. The fraction of sp³-hybridized carbons (Fsp3) is 0.600. The van der Waals surface area contributed by atoms with Gasteiger partial charge in [-0.1, -0.05) is 12.1 Å². The molecule has 1 aromatic carbocycles. The molecule has 1 heterocycles. The molecule has 3 nitrogen and oxygen atoms in total. The smallest absolute Gasteiger partial charge is 0.123 e. The van der Waals surface area contributed by atoms with E-state index in [2.05, 4.69) is 16.7 Å². The molecule has 0 aromatic heterocycles. The Balaban J connectivity index is 1.87. The Hall–Kier alpha value is -0.970. The van der Waals surface area contributed by atoms with Crippen LogP contribution in [0.5, 0.6) is 0 Å². The van der Waals surface area contributed by atoms with Crippen LogP contribution in [0.3, 0.4) is 0 Å². The number of halogens is 1. The zero-order chi connectivity index (χ0) is 13.7. The van der Waals surface area contributed by atoms with Crippen LogP contribution in [0.4, 0.5) is 4.39 Å². The molecular weight excluding hydrogens is 243 g/mol. The van der Waals surface area contributed by atoms with Crippen LogP contribution in [-0.2, 0) is 0 Å². The summed E-state index contributed by atoms with van der Waals surface area (Å²) in [5.41, 5.74) is 1.05. The summed E-state index contributed by atoms with van der Waals surface area (Å²) in [4.78, 5) is 4.77. The second-order valence-electron chi connectivity index (χ2n) is 5.19. The summed E-state index contributed by atoms with van der Waals surface area (Å²) < 4.78 is 13.2. The average molecular weight is 266 g/mol. The third kappa shape index (κ3) is 4.00. The molecular formula is C15H23FN2O. The first-order valence-corrected chi connectivity index (χ1v) is 7.03. The number of benzene rings is 1. The summed E-state index contributed by atoms with van der Waals surface area (Å²) in [7, 11) is 0. The van der Waals surface area contributed by atoms with Gasteiger partial charge in [0.05, 0.1) is 0 Å². The monoisotopic (exact) mass is 266 g/mol. The molecule has 0 amide bonds. The van der Waals surface area contributed by atoms with E-state index < -0.39 is 0 Å². The van der Waals surface area contributed by atoms with Crippen molar-refractivity contribution in [2.45, 2.75) is 19.4 Å². The minimum Gasteiger partial charge on any atom is -0.396 e. The second-order valence-corrected chi connectivity index (χ2v) is 5.19. The maximum Gasteiger partial charge on any atom is 0.123 e. The van der Waals surface area contributed by atoms with Crippen molar-refractivity contribution in [3.05, 3.63) is 35.6 Å². The summed E-state index contributed by atoms with van der Waals surface area (Å²) in [6.45, 7) is 7.43. The Labute approximate surface area is 114 Å². The van der Waals surface area contributed by atoms with Gasteiger partial charge in [-0.05, 0) is 31.0 Å². The van der Waals surface area contributed by atoms with Crippen LogP contribution in [0.1, 0.15) is 24.9 Å². The van der Waals surface area contributed by atoms with Gasteiger partial charge in [0, 0.05) is 45.4 Å². The Morgan fingerprint density at radius 1 is 1.26 bits per heavy atom. The lowest BCUT2D eigenvalue weighted by Crippen LogP contribution is -2.47. The van der Waals surface area contributed by atoms with Crippen molar-refractivity contribution in [2.75, 3.05) is 39.3 Å². The zero-order valence-corrected chi connectivity index (χ0v) is 11.6. The lowest BCUT2D eigenvalue weighted by molar-refractivity contribution is 0.0971. The number of hydrogen-bond acceptors (Lipinski definition) is 3. The lowest BCUT2D eigenvalue weighted by atomic mass is 10.1. The molecule has 106 valence electrons. The standard InChI is InChI=1S/C15H23FN2O/c1-13(14-4-2-5-15(16)12-14)18-9-7-17(8-10-18)6-3-11-19/h2,4-5,12-13,19H,3,6-11H2,1H3. The van der Waals surface area contributed by atoms with Gasteiger partial charge < -0.3 is 10.0 Å². The Morgan fingerprint density at radius 3 is 2.63 bits per heavy atom. The molecule has 0 bridgehead atoms. The predicted molar refractivity (Wildman–Crippen MR) is 74.5 cm³/mol. The van der Waals surface area contributed by atoms with Gasteiger partial charge in [0.1, 0.15) is 5.82 Å². The minimum absolute atomic E-state index is 0.161. The molecule has 19 heavy (non-hydrogen) atoms. The molecule has 1 atom stereocenters. The van der Waals surface area contributed by atoms with E-state index in [0.717, 1.165) is 44.7 Å². The van der Waals surface area contributed by atoms with E-state index in [1.54, 1.807) is 12.1 Å². The summed E-state index contributed by atoms with van der Waals surface area (Å²) in [6, 6.07) is 7.15. The summed E-state index contributed by atoms with van der Waals surface area (Å²) >= 11 is 0. The van der Waals surface area contributed by atoms with Crippen LogP contribution in [0, 0.1) is 5.82 Å². The normalized spacial score (nSPS) is 19.5. The Bertz CT molecular complexity index is 391. The number of aliphatic hydroxyl groups is 1. The van der Waals surface area contributed by atoms with Gasteiger partial charge in [-0.3, -0.25) is 4.90 Å². The quantitative estimate of drug-likeness (QED) is 0.881. The van der Waals surface area contributed by atoms with Crippen LogP contribution in [0.25, 0.3) is 0 Å². The molecule has 2 rings (SSSR count). The van der Waals surface area contributed by atoms with Gasteiger partial charge >= 0.3 is 0 Å². The third-order valence-corrected chi connectivity index (χ3v) is 3.92. The van der Waals surface area contributed by atoms with E-state index >= 15 is 0 Å². The molecule has 1 aliphatic rings. The SMILES string of the molecule is CC(c1cccc(F)c1)N1CCN(CCCO)CC1. The van der Waals surface area contributed by atoms with Crippen molar-refractivity contribution >= 4 is 0 Å². The van der Waals surface area contributed by atoms with Gasteiger partial charge in [0.25, 0.3) is 0 Å². The molecule has 1 fully saturated rings.